The van der Waals surface area contributed by atoms with Crippen LogP contribution < -0.4 is 5.73 Å². The number of carbonyl (C=O) groups is 1. The van der Waals surface area contributed by atoms with Crippen molar-refractivity contribution in [3.05, 3.63) is 29.8 Å². The Labute approximate surface area is 95.7 Å². The topological polar surface area (TPSA) is 66.6 Å². The van der Waals surface area contributed by atoms with Crippen LogP contribution in [0.1, 0.15) is 16.8 Å². The van der Waals surface area contributed by atoms with Crippen molar-refractivity contribution in [1.29, 1.82) is 0 Å². The molecule has 1 rings (SSSR count). The van der Waals surface area contributed by atoms with Crippen LogP contribution in [0.15, 0.2) is 24.3 Å². The van der Waals surface area contributed by atoms with Crippen molar-refractivity contribution in [2.24, 2.45) is 0 Å². The Kier molecular flexibility index (Phi) is 4.95. The summed E-state index contributed by atoms with van der Waals surface area (Å²) < 4.78 is 0. The van der Waals surface area contributed by atoms with Gasteiger partial charge in [0, 0.05) is 30.8 Å². The number of likely N-dealkylation sites (N-methyl/N-ethyl adjacent to an activating group) is 1. The second-order valence-electron chi connectivity index (χ2n) is 3.83. The fourth-order valence-electron chi connectivity index (χ4n) is 1.43. The molecule has 0 aliphatic heterocycles. The van der Waals surface area contributed by atoms with E-state index in [1.807, 2.05) is 11.9 Å². The normalized spacial score (nSPS) is 10.7. The number of benzene rings is 1. The second kappa shape index (κ2) is 6.25. The van der Waals surface area contributed by atoms with E-state index in [0.717, 1.165) is 0 Å². The molecule has 0 unspecified atom stereocenters. The Balaban J connectivity index is 2.47. The lowest BCUT2D eigenvalue weighted by atomic mass is 10.1. The SMILES string of the molecule is CN(CCO)CCC(=O)c1cccc(N)c1. The molecule has 4 nitrogen and oxygen atoms in total. The van der Waals surface area contributed by atoms with E-state index >= 15 is 0 Å². The lowest BCUT2D eigenvalue weighted by Crippen LogP contribution is -2.25. The summed E-state index contributed by atoms with van der Waals surface area (Å²) in [7, 11) is 1.88. The molecule has 0 fully saturated rings. The van der Waals surface area contributed by atoms with Crippen LogP contribution in [0.2, 0.25) is 0 Å². The average Bonchev–Trinajstić information content (AvgIpc) is 2.26. The number of rotatable bonds is 6. The third kappa shape index (κ3) is 4.00. The number of carbonyl (C=O) groups excluding carboxylic acids is 1. The molecule has 1 aromatic rings. The summed E-state index contributed by atoms with van der Waals surface area (Å²) in [5.41, 5.74) is 6.86. The lowest BCUT2D eigenvalue weighted by molar-refractivity contribution is 0.0964. The van der Waals surface area contributed by atoms with Gasteiger partial charge in [0.2, 0.25) is 0 Å². The van der Waals surface area contributed by atoms with Gasteiger partial charge in [-0.1, -0.05) is 12.1 Å². The first-order valence-electron chi connectivity index (χ1n) is 5.31. The molecule has 0 aromatic heterocycles. The molecule has 0 saturated heterocycles. The summed E-state index contributed by atoms with van der Waals surface area (Å²) in [5.74, 6) is 0.0806. The number of nitrogens with two attached hydrogens (primary N) is 1. The van der Waals surface area contributed by atoms with Gasteiger partial charge in [-0.05, 0) is 19.2 Å². The van der Waals surface area contributed by atoms with Crippen LogP contribution >= 0.6 is 0 Å². The summed E-state index contributed by atoms with van der Waals surface area (Å²) >= 11 is 0. The van der Waals surface area contributed by atoms with Crippen molar-refractivity contribution in [1.82, 2.24) is 4.90 Å². The third-order valence-electron chi connectivity index (χ3n) is 2.41. The maximum absolute atomic E-state index is 11.8. The molecule has 0 amide bonds. The van der Waals surface area contributed by atoms with Gasteiger partial charge in [-0.2, -0.15) is 0 Å². The maximum atomic E-state index is 11.8. The number of ketones is 1. The number of aliphatic hydroxyl groups is 1. The Morgan fingerprint density at radius 2 is 2.19 bits per heavy atom. The second-order valence-corrected chi connectivity index (χ2v) is 3.83. The van der Waals surface area contributed by atoms with Crippen molar-refractivity contribution in [2.45, 2.75) is 6.42 Å². The van der Waals surface area contributed by atoms with Gasteiger partial charge in [0.1, 0.15) is 0 Å². The summed E-state index contributed by atoms with van der Waals surface area (Å²) in [6.07, 6.45) is 0.444. The predicted molar refractivity (Wildman–Crippen MR) is 64.4 cm³/mol. The zero-order valence-electron chi connectivity index (χ0n) is 9.52. The number of nitrogens with zero attached hydrogens (tertiary/aromatic N) is 1. The molecule has 0 atom stereocenters. The van der Waals surface area contributed by atoms with Gasteiger partial charge < -0.3 is 15.7 Å². The number of hydrogen-bond acceptors (Lipinski definition) is 4. The first-order chi connectivity index (χ1) is 7.63. The molecule has 3 N–H and O–H groups in total. The van der Waals surface area contributed by atoms with Crippen LogP contribution in [0.25, 0.3) is 0 Å². The van der Waals surface area contributed by atoms with E-state index in [4.69, 9.17) is 10.8 Å². The molecule has 0 aliphatic carbocycles. The highest BCUT2D eigenvalue weighted by molar-refractivity contribution is 5.96. The standard InChI is InChI=1S/C12H18N2O2/c1-14(7-8-15)6-5-12(16)10-3-2-4-11(13)9-10/h2-4,9,15H,5-8,13H2,1H3. The molecule has 0 bridgehead atoms. The number of aliphatic hydroxyl groups excluding tert-OH is 1. The van der Waals surface area contributed by atoms with Gasteiger partial charge in [0.25, 0.3) is 0 Å². The predicted octanol–water partition coefficient (Wildman–Crippen LogP) is 0.766. The molecule has 0 saturated carbocycles. The smallest absolute Gasteiger partial charge is 0.164 e. The van der Waals surface area contributed by atoms with E-state index in [1.54, 1.807) is 24.3 Å². The molecule has 0 heterocycles. The fourth-order valence-corrected chi connectivity index (χ4v) is 1.43. The maximum Gasteiger partial charge on any atom is 0.164 e. The quantitative estimate of drug-likeness (QED) is 0.551. The van der Waals surface area contributed by atoms with E-state index in [1.165, 1.54) is 0 Å². The summed E-state index contributed by atoms with van der Waals surface area (Å²) in [6.45, 7) is 1.35. The number of nitrogen functional groups attached to an aromatic ring is 1. The van der Waals surface area contributed by atoms with Crippen LogP contribution in [-0.4, -0.2) is 42.5 Å². The molecule has 16 heavy (non-hydrogen) atoms. The summed E-state index contributed by atoms with van der Waals surface area (Å²) in [5, 5.41) is 8.71. The molecule has 0 spiro atoms. The Hall–Kier alpha value is -1.39. The number of Topliss-reactive ketones (excluding diaryl/α,β-unsaturated/α-hetero) is 1. The largest absolute Gasteiger partial charge is 0.399 e. The number of hydrogen-bond donors (Lipinski definition) is 2. The highest BCUT2D eigenvalue weighted by atomic mass is 16.3. The average molecular weight is 222 g/mol. The zero-order chi connectivity index (χ0) is 12.0. The molecule has 88 valence electrons. The summed E-state index contributed by atoms with van der Waals surface area (Å²) in [4.78, 5) is 13.7. The van der Waals surface area contributed by atoms with Gasteiger partial charge in [-0.25, -0.2) is 0 Å². The van der Waals surface area contributed by atoms with E-state index < -0.39 is 0 Å². The third-order valence-corrected chi connectivity index (χ3v) is 2.41. The molecule has 1 aromatic carbocycles. The van der Waals surface area contributed by atoms with Crippen LogP contribution in [-0.2, 0) is 0 Å². The molecular formula is C12H18N2O2. The van der Waals surface area contributed by atoms with Gasteiger partial charge in [-0.3, -0.25) is 4.79 Å². The van der Waals surface area contributed by atoms with Crippen molar-refractivity contribution in [2.75, 3.05) is 32.5 Å². The van der Waals surface area contributed by atoms with Crippen LogP contribution in [0.5, 0.6) is 0 Å². The first-order valence-corrected chi connectivity index (χ1v) is 5.31. The molecule has 0 radical (unpaired) electrons. The minimum Gasteiger partial charge on any atom is -0.399 e. The van der Waals surface area contributed by atoms with Crippen LogP contribution in [0, 0.1) is 0 Å². The molecule has 4 heteroatoms. The van der Waals surface area contributed by atoms with Gasteiger partial charge in [0.05, 0.1) is 6.61 Å². The Bertz CT molecular complexity index is 353. The minimum atomic E-state index is 0.0806. The van der Waals surface area contributed by atoms with Crippen LogP contribution in [0.3, 0.4) is 0 Å². The Morgan fingerprint density at radius 1 is 1.44 bits per heavy atom. The van der Waals surface area contributed by atoms with Crippen molar-refractivity contribution in [3.63, 3.8) is 0 Å². The van der Waals surface area contributed by atoms with E-state index in [-0.39, 0.29) is 12.4 Å². The summed E-state index contributed by atoms with van der Waals surface area (Å²) in [6, 6.07) is 6.99. The number of anilines is 1. The zero-order valence-corrected chi connectivity index (χ0v) is 9.52. The molecule has 0 aliphatic rings. The van der Waals surface area contributed by atoms with Crippen molar-refractivity contribution < 1.29 is 9.90 Å². The van der Waals surface area contributed by atoms with Gasteiger partial charge in [-0.15, -0.1) is 0 Å². The lowest BCUT2D eigenvalue weighted by Gasteiger charge is -2.14. The van der Waals surface area contributed by atoms with E-state index in [2.05, 4.69) is 0 Å². The van der Waals surface area contributed by atoms with Crippen LogP contribution in [0.4, 0.5) is 5.69 Å². The van der Waals surface area contributed by atoms with E-state index in [9.17, 15) is 4.79 Å². The van der Waals surface area contributed by atoms with Gasteiger partial charge in [0.15, 0.2) is 5.78 Å². The van der Waals surface area contributed by atoms with Gasteiger partial charge >= 0.3 is 0 Å². The highest BCUT2D eigenvalue weighted by Crippen LogP contribution is 2.09. The fraction of sp³-hybridized carbons (Fsp3) is 0.417. The van der Waals surface area contributed by atoms with Crippen molar-refractivity contribution >= 4 is 11.5 Å². The highest BCUT2D eigenvalue weighted by Gasteiger charge is 2.07. The molecular weight excluding hydrogens is 204 g/mol. The van der Waals surface area contributed by atoms with E-state index in [0.29, 0.717) is 30.8 Å². The van der Waals surface area contributed by atoms with Crippen molar-refractivity contribution in [3.8, 4) is 0 Å². The Morgan fingerprint density at radius 3 is 2.81 bits per heavy atom. The first kappa shape index (κ1) is 12.7. The minimum absolute atomic E-state index is 0.0806. The monoisotopic (exact) mass is 222 g/mol.